The average Bonchev–Trinajstić information content (AvgIpc) is 3.03. The number of nitrogens with one attached hydrogen (secondary N) is 2. The number of halogens is 1. The Morgan fingerprint density at radius 1 is 0.935 bits per heavy atom. The number of hydrogen-bond acceptors (Lipinski definition) is 4. The van der Waals surface area contributed by atoms with Crippen LogP contribution >= 0.6 is 0 Å². The van der Waals surface area contributed by atoms with Crippen molar-refractivity contribution in [2.24, 2.45) is 0 Å². The maximum Gasteiger partial charge on any atom is 0.309 e. The van der Waals surface area contributed by atoms with E-state index in [9.17, 15) is 22.4 Å². The van der Waals surface area contributed by atoms with Gasteiger partial charge in [0.2, 0.25) is 10.0 Å². The molecule has 1 heterocycles. The van der Waals surface area contributed by atoms with Crippen LogP contribution in [0.5, 0.6) is 0 Å². The normalized spacial score (nSPS) is 21.3. The van der Waals surface area contributed by atoms with Crippen LogP contribution < -0.4 is 10.6 Å². The Hall–Kier alpha value is -2.00. The second-order valence-electron chi connectivity index (χ2n) is 8.43. The summed E-state index contributed by atoms with van der Waals surface area (Å²) in [6.07, 6.45) is 9.01. The maximum atomic E-state index is 13.2. The highest BCUT2D eigenvalue weighted by Crippen LogP contribution is 2.27. The van der Waals surface area contributed by atoms with Gasteiger partial charge in [0.15, 0.2) is 0 Å². The SMILES string of the molecule is O=C(NCCC1CCCCN1S(=O)(=O)c1ccc(F)cc1)C(=O)NC1CCCCCC1. The monoisotopic (exact) mass is 453 g/mol. The molecule has 9 heteroatoms. The molecular formula is C22H32FN3O4S. The summed E-state index contributed by atoms with van der Waals surface area (Å²) in [7, 11) is -3.74. The zero-order valence-corrected chi connectivity index (χ0v) is 18.6. The van der Waals surface area contributed by atoms with Crippen LogP contribution in [-0.2, 0) is 19.6 Å². The minimum absolute atomic E-state index is 0.0513. The van der Waals surface area contributed by atoms with Crippen LogP contribution in [0, 0.1) is 5.82 Å². The smallest absolute Gasteiger partial charge is 0.309 e. The van der Waals surface area contributed by atoms with Gasteiger partial charge in [0.25, 0.3) is 0 Å². The predicted molar refractivity (Wildman–Crippen MR) is 115 cm³/mol. The molecule has 0 aromatic heterocycles. The summed E-state index contributed by atoms with van der Waals surface area (Å²) in [4.78, 5) is 24.4. The second kappa shape index (κ2) is 11.0. The van der Waals surface area contributed by atoms with E-state index in [4.69, 9.17) is 0 Å². The van der Waals surface area contributed by atoms with Crippen molar-refractivity contribution in [2.75, 3.05) is 13.1 Å². The van der Waals surface area contributed by atoms with E-state index in [1.165, 1.54) is 16.4 Å². The van der Waals surface area contributed by atoms with Crippen LogP contribution in [0.2, 0.25) is 0 Å². The molecule has 3 rings (SSSR count). The van der Waals surface area contributed by atoms with Crippen molar-refractivity contribution in [3.05, 3.63) is 30.1 Å². The van der Waals surface area contributed by atoms with Gasteiger partial charge in [0.1, 0.15) is 5.82 Å². The molecule has 1 saturated carbocycles. The van der Waals surface area contributed by atoms with Gasteiger partial charge in [0.05, 0.1) is 4.90 Å². The first-order valence-electron chi connectivity index (χ1n) is 11.2. The topological polar surface area (TPSA) is 95.6 Å². The standard InChI is InChI=1S/C22H32FN3O4S/c23-17-10-12-20(13-11-17)31(29,30)26-16-6-5-9-19(26)14-15-24-21(27)22(28)25-18-7-3-1-2-4-8-18/h10-13,18-19H,1-9,14-16H2,(H,24,27)(H,25,28). The van der Waals surface area contributed by atoms with E-state index in [1.807, 2.05) is 0 Å². The minimum atomic E-state index is -3.74. The largest absolute Gasteiger partial charge is 0.348 e. The molecule has 0 radical (unpaired) electrons. The Kier molecular flexibility index (Phi) is 8.43. The van der Waals surface area contributed by atoms with Crippen LogP contribution in [0.4, 0.5) is 4.39 Å². The molecule has 31 heavy (non-hydrogen) atoms. The van der Waals surface area contributed by atoms with Crippen LogP contribution in [-0.4, -0.2) is 49.7 Å². The fourth-order valence-corrected chi connectivity index (χ4v) is 6.15. The van der Waals surface area contributed by atoms with Crippen molar-refractivity contribution in [2.45, 2.75) is 81.2 Å². The zero-order chi connectivity index (χ0) is 22.3. The van der Waals surface area contributed by atoms with Crippen molar-refractivity contribution in [1.29, 1.82) is 0 Å². The first-order valence-corrected chi connectivity index (χ1v) is 12.7. The molecule has 1 aromatic carbocycles. The molecule has 2 amide bonds. The Balaban J connectivity index is 1.52. The van der Waals surface area contributed by atoms with Gasteiger partial charge in [-0.05, 0) is 56.4 Å². The lowest BCUT2D eigenvalue weighted by molar-refractivity contribution is -0.139. The van der Waals surface area contributed by atoms with Gasteiger partial charge in [-0.2, -0.15) is 4.31 Å². The van der Waals surface area contributed by atoms with E-state index < -0.39 is 27.7 Å². The summed E-state index contributed by atoms with van der Waals surface area (Å²) in [5, 5.41) is 5.45. The molecule has 2 aliphatic rings. The van der Waals surface area contributed by atoms with E-state index in [2.05, 4.69) is 10.6 Å². The number of piperidine rings is 1. The Labute approximate surface area is 183 Å². The van der Waals surface area contributed by atoms with Crippen molar-refractivity contribution in [1.82, 2.24) is 14.9 Å². The zero-order valence-electron chi connectivity index (χ0n) is 17.8. The lowest BCUT2D eigenvalue weighted by Gasteiger charge is -2.34. The van der Waals surface area contributed by atoms with E-state index in [0.29, 0.717) is 19.4 Å². The van der Waals surface area contributed by atoms with E-state index in [1.54, 1.807) is 0 Å². The summed E-state index contributed by atoms with van der Waals surface area (Å²) in [5.41, 5.74) is 0. The Bertz CT molecular complexity index is 852. The number of carbonyl (C=O) groups excluding carboxylic acids is 2. The van der Waals surface area contributed by atoms with Crippen LogP contribution in [0.15, 0.2) is 29.2 Å². The fraction of sp³-hybridized carbons (Fsp3) is 0.636. The summed E-state index contributed by atoms with van der Waals surface area (Å²) in [5.74, 6) is -1.78. The highest BCUT2D eigenvalue weighted by Gasteiger charge is 2.33. The lowest BCUT2D eigenvalue weighted by Crippen LogP contribution is -2.47. The molecule has 1 unspecified atom stereocenters. The average molecular weight is 454 g/mol. The molecule has 0 spiro atoms. The molecule has 1 aliphatic carbocycles. The summed E-state index contributed by atoms with van der Waals surface area (Å²) >= 11 is 0. The van der Waals surface area contributed by atoms with Crippen molar-refractivity contribution in [3.63, 3.8) is 0 Å². The number of amides is 2. The molecule has 2 N–H and O–H groups in total. The van der Waals surface area contributed by atoms with Crippen molar-refractivity contribution in [3.8, 4) is 0 Å². The summed E-state index contributed by atoms with van der Waals surface area (Å²) < 4.78 is 40.7. The lowest BCUT2D eigenvalue weighted by atomic mass is 10.0. The van der Waals surface area contributed by atoms with Gasteiger partial charge < -0.3 is 10.6 Å². The molecule has 0 bridgehead atoms. The third kappa shape index (κ3) is 6.49. The molecule has 1 aromatic rings. The van der Waals surface area contributed by atoms with Gasteiger partial charge in [-0.15, -0.1) is 0 Å². The van der Waals surface area contributed by atoms with E-state index >= 15 is 0 Å². The first-order chi connectivity index (χ1) is 14.9. The Morgan fingerprint density at radius 2 is 1.58 bits per heavy atom. The second-order valence-corrected chi connectivity index (χ2v) is 10.3. The summed E-state index contributed by atoms with van der Waals surface area (Å²) in [6, 6.07) is 4.61. The summed E-state index contributed by atoms with van der Waals surface area (Å²) in [6.45, 7) is 0.609. The van der Waals surface area contributed by atoms with Crippen LogP contribution in [0.3, 0.4) is 0 Å². The number of nitrogens with zero attached hydrogens (tertiary/aromatic N) is 1. The fourth-order valence-electron chi connectivity index (χ4n) is 4.43. The first kappa shape index (κ1) is 23.7. The van der Waals surface area contributed by atoms with Gasteiger partial charge in [-0.1, -0.05) is 32.1 Å². The minimum Gasteiger partial charge on any atom is -0.348 e. The van der Waals surface area contributed by atoms with Gasteiger partial charge in [0, 0.05) is 25.2 Å². The molecule has 2 fully saturated rings. The van der Waals surface area contributed by atoms with Gasteiger partial charge in [-0.3, -0.25) is 9.59 Å². The highest BCUT2D eigenvalue weighted by atomic mass is 32.2. The highest BCUT2D eigenvalue weighted by molar-refractivity contribution is 7.89. The molecule has 172 valence electrons. The molecule has 7 nitrogen and oxygen atoms in total. The number of rotatable bonds is 6. The number of carbonyl (C=O) groups is 2. The number of sulfonamides is 1. The molecular weight excluding hydrogens is 421 g/mol. The van der Waals surface area contributed by atoms with Crippen LogP contribution in [0.1, 0.15) is 64.2 Å². The maximum absolute atomic E-state index is 13.2. The van der Waals surface area contributed by atoms with Crippen LogP contribution in [0.25, 0.3) is 0 Å². The number of benzene rings is 1. The molecule has 1 aliphatic heterocycles. The predicted octanol–water partition coefficient (Wildman–Crippen LogP) is 2.71. The quantitative estimate of drug-likeness (QED) is 0.511. The van der Waals surface area contributed by atoms with E-state index in [-0.39, 0.29) is 23.5 Å². The molecule has 1 saturated heterocycles. The third-order valence-electron chi connectivity index (χ3n) is 6.15. The molecule has 1 atom stereocenters. The Morgan fingerprint density at radius 3 is 2.26 bits per heavy atom. The third-order valence-corrected chi connectivity index (χ3v) is 8.12. The number of hydrogen-bond donors (Lipinski definition) is 2. The van der Waals surface area contributed by atoms with Gasteiger partial charge >= 0.3 is 11.8 Å². The van der Waals surface area contributed by atoms with Crippen molar-refractivity contribution < 1.29 is 22.4 Å². The van der Waals surface area contributed by atoms with Gasteiger partial charge in [-0.25, -0.2) is 12.8 Å². The van der Waals surface area contributed by atoms with E-state index in [0.717, 1.165) is 63.5 Å². The van der Waals surface area contributed by atoms with Crippen molar-refractivity contribution >= 4 is 21.8 Å².